The molecule has 1 unspecified atom stereocenters. The average molecular weight is 497 g/mol. The molecule has 9 heteroatoms. The number of aliphatic imine (C=N–C) groups is 1. The van der Waals surface area contributed by atoms with Gasteiger partial charge in [0.1, 0.15) is 0 Å². The van der Waals surface area contributed by atoms with E-state index >= 15 is 0 Å². The zero-order valence-corrected chi connectivity index (χ0v) is 17.9. The Bertz CT molecular complexity index is 655. The SMILES string of the molecule is CN=C(NCc1ccc(OC)c(OC(F)F)c1)N1CCC2(CCOC2)C1.I. The van der Waals surface area contributed by atoms with Crippen molar-refractivity contribution >= 4 is 29.9 Å². The number of nitrogens with one attached hydrogen (secondary N) is 1. The molecule has 152 valence electrons. The highest BCUT2D eigenvalue weighted by atomic mass is 127. The average Bonchev–Trinajstić information content (AvgIpc) is 3.25. The van der Waals surface area contributed by atoms with Gasteiger partial charge in [-0.1, -0.05) is 6.07 Å². The quantitative estimate of drug-likeness (QED) is 0.385. The van der Waals surface area contributed by atoms with Gasteiger partial charge in [-0.3, -0.25) is 4.99 Å². The molecule has 1 aromatic carbocycles. The van der Waals surface area contributed by atoms with Crippen LogP contribution in [0.15, 0.2) is 23.2 Å². The maximum Gasteiger partial charge on any atom is 0.387 e. The van der Waals surface area contributed by atoms with Gasteiger partial charge in [-0.2, -0.15) is 8.78 Å². The van der Waals surface area contributed by atoms with Gasteiger partial charge in [0.25, 0.3) is 0 Å². The first-order chi connectivity index (χ1) is 12.5. The number of nitrogens with zero attached hydrogens (tertiary/aromatic N) is 2. The zero-order chi connectivity index (χ0) is 18.6. The first-order valence-electron chi connectivity index (χ1n) is 8.70. The predicted molar refractivity (Wildman–Crippen MR) is 109 cm³/mol. The highest BCUT2D eigenvalue weighted by molar-refractivity contribution is 14.0. The van der Waals surface area contributed by atoms with Gasteiger partial charge in [-0.15, -0.1) is 24.0 Å². The van der Waals surface area contributed by atoms with E-state index in [0.717, 1.165) is 50.7 Å². The van der Waals surface area contributed by atoms with Crippen LogP contribution in [0.1, 0.15) is 18.4 Å². The van der Waals surface area contributed by atoms with E-state index in [1.54, 1.807) is 19.2 Å². The number of hydrogen-bond acceptors (Lipinski definition) is 4. The van der Waals surface area contributed by atoms with Crippen molar-refractivity contribution in [3.63, 3.8) is 0 Å². The Morgan fingerprint density at radius 3 is 2.81 bits per heavy atom. The Balaban J connectivity index is 0.00000261. The van der Waals surface area contributed by atoms with Crippen molar-refractivity contribution in [2.24, 2.45) is 10.4 Å². The van der Waals surface area contributed by atoms with E-state index in [0.29, 0.717) is 6.54 Å². The monoisotopic (exact) mass is 497 g/mol. The molecule has 1 N–H and O–H groups in total. The predicted octanol–water partition coefficient (Wildman–Crippen LogP) is 3.10. The van der Waals surface area contributed by atoms with Crippen molar-refractivity contribution in [2.45, 2.75) is 26.0 Å². The fourth-order valence-corrected chi connectivity index (χ4v) is 3.62. The third kappa shape index (κ3) is 5.34. The van der Waals surface area contributed by atoms with Crippen LogP contribution in [-0.4, -0.2) is 57.9 Å². The number of methoxy groups -OCH3 is 1. The third-order valence-electron chi connectivity index (χ3n) is 5.03. The zero-order valence-electron chi connectivity index (χ0n) is 15.5. The molecule has 1 spiro atoms. The second-order valence-corrected chi connectivity index (χ2v) is 6.74. The summed E-state index contributed by atoms with van der Waals surface area (Å²) in [5.74, 6) is 1.11. The van der Waals surface area contributed by atoms with Crippen molar-refractivity contribution in [2.75, 3.05) is 40.5 Å². The van der Waals surface area contributed by atoms with Crippen molar-refractivity contribution in [1.82, 2.24) is 10.2 Å². The van der Waals surface area contributed by atoms with Crippen LogP contribution in [0, 0.1) is 5.41 Å². The molecule has 1 atom stereocenters. The summed E-state index contributed by atoms with van der Waals surface area (Å²) in [5.41, 5.74) is 1.05. The minimum Gasteiger partial charge on any atom is -0.493 e. The summed E-state index contributed by atoms with van der Waals surface area (Å²) in [5, 5.41) is 3.30. The van der Waals surface area contributed by atoms with E-state index in [1.165, 1.54) is 7.11 Å². The summed E-state index contributed by atoms with van der Waals surface area (Å²) < 4.78 is 40.3. The third-order valence-corrected chi connectivity index (χ3v) is 5.03. The lowest BCUT2D eigenvalue weighted by molar-refractivity contribution is -0.0512. The first kappa shape index (κ1) is 21.9. The van der Waals surface area contributed by atoms with Crippen LogP contribution in [0.4, 0.5) is 8.78 Å². The number of hydrogen-bond donors (Lipinski definition) is 1. The van der Waals surface area contributed by atoms with Gasteiger partial charge in [0.15, 0.2) is 17.5 Å². The topological polar surface area (TPSA) is 55.3 Å². The molecule has 0 amide bonds. The van der Waals surface area contributed by atoms with Gasteiger partial charge in [-0.05, 0) is 30.5 Å². The molecule has 0 aliphatic carbocycles. The van der Waals surface area contributed by atoms with Crippen molar-refractivity contribution in [1.29, 1.82) is 0 Å². The van der Waals surface area contributed by atoms with Gasteiger partial charge in [0.2, 0.25) is 0 Å². The molecule has 0 saturated carbocycles. The molecular formula is C18H26F2IN3O3. The second-order valence-electron chi connectivity index (χ2n) is 6.74. The highest BCUT2D eigenvalue weighted by Crippen LogP contribution is 2.38. The van der Waals surface area contributed by atoms with Crippen LogP contribution in [0.5, 0.6) is 11.5 Å². The minimum atomic E-state index is -2.89. The molecule has 27 heavy (non-hydrogen) atoms. The van der Waals surface area contributed by atoms with Crippen molar-refractivity contribution in [3.05, 3.63) is 23.8 Å². The van der Waals surface area contributed by atoms with Crippen LogP contribution in [0.2, 0.25) is 0 Å². The molecule has 3 rings (SSSR count). The Hall–Kier alpha value is -1.36. The fourth-order valence-electron chi connectivity index (χ4n) is 3.62. The van der Waals surface area contributed by atoms with Crippen LogP contribution >= 0.6 is 24.0 Å². The van der Waals surface area contributed by atoms with E-state index in [1.807, 2.05) is 6.07 Å². The van der Waals surface area contributed by atoms with E-state index in [2.05, 4.69) is 19.9 Å². The van der Waals surface area contributed by atoms with E-state index in [4.69, 9.17) is 9.47 Å². The van der Waals surface area contributed by atoms with Crippen LogP contribution < -0.4 is 14.8 Å². The molecule has 6 nitrogen and oxygen atoms in total. The Labute approximate surface area is 175 Å². The molecule has 2 saturated heterocycles. The highest BCUT2D eigenvalue weighted by Gasteiger charge is 2.42. The normalized spacial score (nSPS) is 22.3. The second kappa shape index (κ2) is 9.72. The minimum absolute atomic E-state index is 0. The molecule has 2 fully saturated rings. The maximum atomic E-state index is 12.6. The smallest absolute Gasteiger partial charge is 0.387 e. The summed E-state index contributed by atoms with van der Waals surface area (Å²) in [6, 6.07) is 4.99. The number of halogens is 3. The summed E-state index contributed by atoms with van der Waals surface area (Å²) in [6.07, 6.45) is 2.19. The number of benzene rings is 1. The Kier molecular flexibility index (Phi) is 7.90. The van der Waals surface area contributed by atoms with Crippen LogP contribution in [-0.2, 0) is 11.3 Å². The van der Waals surface area contributed by atoms with E-state index in [9.17, 15) is 8.78 Å². The van der Waals surface area contributed by atoms with E-state index in [-0.39, 0.29) is 40.9 Å². The summed E-state index contributed by atoms with van der Waals surface area (Å²) in [7, 11) is 3.17. The van der Waals surface area contributed by atoms with Gasteiger partial charge in [-0.25, -0.2) is 0 Å². The molecular weight excluding hydrogens is 471 g/mol. The summed E-state index contributed by atoms with van der Waals surface area (Å²) in [4.78, 5) is 6.59. The molecule has 2 aliphatic heterocycles. The van der Waals surface area contributed by atoms with Gasteiger partial charge < -0.3 is 24.4 Å². The van der Waals surface area contributed by atoms with Crippen molar-refractivity contribution in [3.8, 4) is 11.5 Å². The fraction of sp³-hybridized carbons (Fsp3) is 0.611. The lowest BCUT2D eigenvalue weighted by atomic mass is 9.87. The molecule has 0 radical (unpaired) electrons. The van der Waals surface area contributed by atoms with Gasteiger partial charge in [0.05, 0.1) is 13.7 Å². The first-order valence-corrected chi connectivity index (χ1v) is 8.70. The summed E-state index contributed by atoms with van der Waals surface area (Å²) in [6.45, 7) is 1.07. The molecule has 0 aromatic heterocycles. The van der Waals surface area contributed by atoms with Gasteiger partial charge in [0, 0.05) is 38.7 Å². The summed E-state index contributed by atoms with van der Waals surface area (Å²) >= 11 is 0. The lowest BCUT2D eigenvalue weighted by Gasteiger charge is -2.25. The van der Waals surface area contributed by atoms with Gasteiger partial charge >= 0.3 is 6.61 Å². The Morgan fingerprint density at radius 1 is 1.37 bits per heavy atom. The van der Waals surface area contributed by atoms with Crippen LogP contribution in [0.25, 0.3) is 0 Å². The van der Waals surface area contributed by atoms with E-state index < -0.39 is 6.61 Å². The largest absolute Gasteiger partial charge is 0.493 e. The number of alkyl halides is 2. The van der Waals surface area contributed by atoms with Crippen molar-refractivity contribution < 1.29 is 23.0 Å². The molecule has 2 heterocycles. The lowest BCUT2D eigenvalue weighted by Crippen LogP contribution is -2.41. The number of rotatable bonds is 5. The maximum absolute atomic E-state index is 12.6. The Morgan fingerprint density at radius 2 is 2.19 bits per heavy atom. The number of ether oxygens (including phenoxy) is 3. The van der Waals surface area contributed by atoms with Crippen LogP contribution in [0.3, 0.4) is 0 Å². The molecule has 2 aliphatic rings. The molecule has 1 aromatic rings. The standard InChI is InChI=1S/C18H25F2N3O3.HI/c1-21-17(23-7-5-18(11-23)6-8-25-12-18)22-10-13-3-4-14(24-2)15(9-13)26-16(19)20;/h3-4,9,16H,5-8,10-12H2,1-2H3,(H,21,22);1H. The molecule has 0 bridgehead atoms. The number of likely N-dealkylation sites (tertiary alicyclic amines) is 1. The number of guanidine groups is 1.